The predicted octanol–water partition coefficient (Wildman–Crippen LogP) is 1.92. The maximum absolute atomic E-state index is 11.4. The fourth-order valence-corrected chi connectivity index (χ4v) is 1.88. The van der Waals surface area contributed by atoms with E-state index in [4.69, 9.17) is 9.47 Å². The van der Waals surface area contributed by atoms with Crippen LogP contribution < -0.4 is 4.74 Å². The fraction of sp³-hybridized carbons (Fsp3) is 0.250. The van der Waals surface area contributed by atoms with Gasteiger partial charge in [0.05, 0.1) is 6.54 Å². The van der Waals surface area contributed by atoms with Crippen molar-refractivity contribution >= 4 is 6.09 Å². The lowest BCUT2D eigenvalue weighted by atomic mass is 10.1. The van der Waals surface area contributed by atoms with E-state index in [0.717, 1.165) is 17.7 Å². The second kappa shape index (κ2) is 3.56. The molecule has 0 saturated carbocycles. The smallest absolute Gasteiger partial charge is 0.416 e. The third-order valence-corrected chi connectivity index (χ3v) is 2.71. The predicted molar refractivity (Wildman–Crippen MR) is 56.9 cm³/mol. The number of fused-ring (bicyclic) bond motifs is 1. The van der Waals surface area contributed by atoms with Gasteiger partial charge in [-0.15, -0.1) is 0 Å². The number of carbonyl (C=O) groups excluding carboxylic acids is 1. The lowest BCUT2D eigenvalue weighted by Gasteiger charge is -2.22. The Labute approximate surface area is 93.1 Å². The Bertz CT molecular complexity index is 467. The topological polar surface area (TPSA) is 38.8 Å². The first kappa shape index (κ1) is 9.27. The molecule has 1 amide bonds. The molecular weight excluding hydrogens is 206 g/mol. The van der Waals surface area contributed by atoms with Crippen LogP contribution in [0.4, 0.5) is 4.79 Å². The number of ether oxygens (including phenoxy) is 2. The van der Waals surface area contributed by atoms with Crippen molar-refractivity contribution in [3.05, 3.63) is 41.8 Å². The summed E-state index contributed by atoms with van der Waals surface area (Å²) in [5.74, 6) is 1.40. The Balaban J connectivity index is 1.86. The van der Waals surface area contributed by atoms with Gasteiger partial charge in [0.1, 0.15) is 12.4 Å². The van der Waals surface area contributed by atoms with E-state index in [2.05, 4.69) is 0 Å². The Hall–Kier alpha value is -1.97. The number of hydrogen-bond acceptors (Lipinski definition) is 3. The molecule has 4 nitrogen and oxygen atoms in total. The molecule has 1 aromatic rings. The van der Waals surface area contributed by atoms with Crippen molar-refractivity contribution in [1.29, 1.82) is 0 Å². The van der Waals surface area contributed by atoms with E-state index in [1.807, 2.05) is 30.3 Å². The van der Waals surface area contributed by atoms with E-state index in [-0.39, 0.29) is 6.09 Å². The number of para-hydroxylation sites is 1. The first-order chi connectivity index (χ1) is 7.84. The molecular formula is C12H11NO3. The monoisotopic (exact) mass is 217 g/mol. The zero-order chi connectivity index (χ0) is 11.0. The lowest BCUT2D eigenvalue weighted by Crippen LogP contribution is -2.28. The summed E-state index contributed by atoms with van der Waals surface area (Å²) in [6.45, 7) is 0.994. The van der Waals surface area contributed by atoms with Crippen LogP contribution >= 0.6 is 0 Å². The summed E-state index contributed by atoms with van der Waals surface area (Å²) in [6.07, 6.45) is 2.37. The summed E-state index contributed by atoms with van der Waals surface area (Å²) >= 11 is 0. The van der Waals surface area contributed by atoms with E-state index in [1.54, 1.807) is 0 Å². The highest BCUT2D eigenvalue weighted by Crippen LogP contribution is 2.28. The maximum Gasteiger partial charge on any atom is 0.416 e. The molecule has 3 rings (SSSR count). The van der Waals surface area contributed by atoms with Crippen molar-refractivity contribution in [2.45, 2.75) is 6.42 Å². The van der Waals surface area contributed by atoms with Gasteiger partial charge in [0.2, 0.25) is 5.88 Å². The molecule has 0 aromatic heterocycles. The first-order valence-electron chi connectivity index (χ1n) is 5.25. The molecule has 0 radical (unpaired) electrons. The molecule has 0 aliphatic carbocycles. The van der Waals surface area contributed by atoms with Gasteiger partial charge in [-0.3, -0.25) is 0 Å². The van der Waals surface area contributed by atoms with Crippen molar-refractivity contribution in [3.63, 3.8) is 0 Å². The maximum atomic E-state index is 11.4. The third-order valence-electron chi connectivity index (χ3n) is 2.71. The number of benzene rings is 1. The van der Waals surface area contributed by atoms with Crippen LogP contribution in [0, 0.1) is 0 Å². The standard InChI is InChI=1S/C12H11NO3/c14-12-13(7-8-15-12)11-6-5-9-3-1-2-4-10(9)16-11/h1-4,6H,5,7-8H2. The van der Waals surface area contributed by atoms with Crippen LogP contribution in [-0.2, 0) is 11.2 Å². The Kier molecular flexibility index (Phi) is 2.06. The Morgan fingerprint density at radius 2 is 2.12 bits per heavy atom. The number of nitrogens with zero attached hydrogens (tertiary/aromatic N) is 1. The van der Waals surface area contributed by atoms with Crippen LogP contribution in [0.5, 0.6) is 5.75 Å². The third kappa shape index (κ3) is 1.43. The highest BCUT2D eigenvalue weighted by molar-refractivity contribution is 5.71. The molecule has 0 atom stereocenters. The van der Waals surface area contributed by atoms with Crippen LogP contribution in [0.3, 0.4) is 0 Å². The average molecular weight is 217 g/mol. The van der Waals surface area contributed by atoms with Crippen molar-refractivity contribution in [2.75, 3.05) is 13.2 Å². The highest BCUT2D eigenvalue weighted by atomic mass is 16.6. The highest BCUT2D eigenvalue weighted by Gasteiger charge is 2.28. The molecule has 1 fully saturated rings. The normalized spacial score (nSPS) is 18.6. The fourth-order valence-electron chi connectivity index (χ4n) is 1.88. The molecule has 4 heteroatoms. The van der Waals surface area contributed by atoms with Crippen LogP contribution in [0.25, 0.3) is 0 Å². The van der Waals surface area contributed by atoms with Gasteiger partial charge in [-0.2, -0.15) is 0 Å². The molecule has 82 valence electrons. The van der Waals surface area contributed by atoms with Crippen molar-refractivity contribution in [1.82, 2.24) is 4.90 Å². The number of rotatable bonds is 1. The minimum atomic E-state index is -0.328. The molecule has 1 saturated heterocycles. The molecule has 0 spiro atoms. The molecule has 2 aliphatic heterocycles. The lowest BCUT2D eigenvalue weighted by molar-refractivity contribution is 0.153. The molecule has 16 heavy (non-hydrogen) atoms. The van der Waals surface area contributed by atoms with Gasteiger partial charge >= 0.3 is 6.09 Å². The Morgan fingerprint density at radius 3 is 2.94 bits per heavy atom. The van der Waals surface area contributed by atoms with Gasteiger partial charge in [0.15, 0.2) is 0 Å². The van der Waals surface area contributed by atoms with E-state index in [9.17, 15) is 4.79 Å². The summed E-state index contributed by atoms with van der Waals surface area (Å²) in [5.41, 5.74) is 1.14. The minimum Gasteiger partial charge on any atom is -0.447 e. The molecule has 2 aliphatic rings. The quantitative estimate of drug-likeness (QED) is 0.721. The summed E-state index contributed by atoms with van der Waals surface area (Å²) < 4.78 is 10.5. The number of allylic oxidation sites excluding steroid dienone is 1. The van der Waals surface area contributed by atoms with Gasteiger partial charge in [0.25, 0.3) is 0 Å². The van der Waals surface area contributed by atoms with Crippen LogP contribution in [-0.4, -0.2) is 24.1 Å². The number of carbonyl (C=O) groups is 1. The van der Waals surface area contributed by atoms with Gasteiger partial charge < -0.3 is 9.47 Å². The van der Waals surface area contributed by atoms with Gasteiger partial charge in [-0.25, -0.2) is 9.69 Å². The number of cyclic esters (lactones) is 1. The van der Waals surface area contributed by atoms with Crippen molar-refractivity contribution < 1.29 is 14.3 Å². The molecule has 0 bridgehead atoms. The zero-order valence-corrected chi connectivity index (χ0v) is 8.68. The first-order valence-corrected chi connectivity index (χ1v) is 5.25. The Morgan fingerprint density at radius 1 is 1.25 bits per heavy atom. The zero-order valence-electron chi connectivity index (χ0n) is 8.68. The summed E-state index contributed by atoms with van der Waals surface area (Å²) in [6, 6.07) is 7.82. The summed E-state index contributed by atoms with van der Waals surface area (Å²) in [5, 5.41) is 0. The number of hydrogen-bond donors (Lipinski definition) is 0. The average Bonchev–Trinajstić information content (AvgIpc) is 2.75. The minimum absolute atomic E-state index is 0.328. The SMILES string of the molecule is O=C1OCCN1C1=CCc2ccccc2O1. The van der Waals surface area contributed by atoms with E-state index in [0.29, 0.717) is 19.0 Å². The molecule has 0 unspecified atom stereocenters. The molecule has 0 N–H and O–H groups in total. The van der Waals surface area contributed by atoms with E-state index in [1.165, 1.54) is 4.90 Å². The van der Waals surface area contributed by atoms with Gasteiger partial charge in [0, 0.05) is 0 Å². The van der Waals surface area contributed by atoms with Crippen molar-refractivity contribution in [2.24, 2.45) is 0 Å². The van der Waals surface area contributed by atoms with Crippen LogP contribution in [0.1, 0.15) is 5.56 Å². The number of amides is 1. The van der Waals surface area contributed by atoms with Crippen LogP contribution in [0.15, 0.2) is 36.2 Å². The van der Waals surface area contributed by atoms with Crippen molar-refractivity contribution in [3.8, 4) is 5.75 Å². The molecule has 1 aromatic carbocycles. The summed E-state index contributed by atoms with van der Waals surface area (Å²) in [7, 11) is 0. The van der Waals surface area contributed by atoms with Gasteiger partial charge in [-0.05, 0) is 24.1 Å². The largest absolute Gasteiger partial charge is 0.447 e. The van der Waals surface area contributed by atoms with Crippen LogP contribution in [0.2, 0.25) is 0 Å². The summed E-state index contributed by atoms with van der Waals surface area (Å²) in [4.78, 5) is 12.9. The molecule has 2 heterocycles. The van der Waals surface area contributed by atoms with E-state index < -0.39 is 0 Å². The second-order valence-corrected chi connectivity index (χ2v) is 3.72. The second-order valence-electron chi connectivity index (χ2n) is 3.72. The van der Waals surface area contributed by atoms with Gasteiger partial charge in [-0.1, -0.05) is 18.2 Å². The van der Waals surface area contributed by atoms with E-state index >= 15 is 0 Å².